The molecular formula is C27H22N2. The van der Waals surface area contributed by atoms with Gasteiger partial charge in [-0.2, -0.15) is 5.10 Å². The molecule has 4 aromatic rings. The molecular weight excluding hydrogens is 352 g/mol. The van der Waals surface area contributed by atoms with Gasteiger partial charge in [-0.05, 0) is 11.1 Å². The quantitative estimate of drug-likeness (QED) is 0.298. The Kier molecular flexibility index (Phi) is 4.67. The van der Waals surface area contributed by atoms with Gasteiger partial charge in [-0.15, -0.1) is 0 Å². The SMILES string of the molecule is c1ccc(C(=NN2[C@@H](c3ccccc3)[C@@H]2c2ccccc2)c2ccccc2)cc1. The molecule has 1 fully saturated rings. The molecule has 0 aromatic heterocycles. The minimum Gasteiger partial charge on any atom is -0.276 e. The molecule has 0 saturated carbocycles. The first kappa shape index (κ1) is 17.4. The number of hydrazone groups is 1. The standard InChI is InChI=1S/C27H22N2/c1-5-13-21(14-6-1)25(22-15-7-2-8-16-22)28-29-26(23-17-9-3-10-18-23)27(29)24-19-11-4-12-20-24/h1-20,26-27H/t26-,27-/m0/s1. The zero-order chi connectivity index (χ0) is 19.5. The summed E-state index contributed by atoms with van der Waals surface area (Å²) in [7, 11) is 0. The van der Waals surface area contributed by atoms with E-state index in [1.165, 1.54) is 11.1 Å². The Labute approximate surface area is 171 Å². The normalized spacial score (nSPS) is 17.6. The predicted octanol–water partition coefficient (Wildman–Crippen LogP) is 6.24. The Morgan fingerprint density at radius 1 is 0.483 bits per heavy atom. The summed E-state index contributed by atoms with van der Waals surface area (Å²) >= 11 is 0. The molecule has 5 rings (SSSR count). The van der Waals surface area contributed by atoms with Crippen LogP contribution in [0, 0.1) is 0 Å². The van der Waals surface area contributed by atoms with Gasteiger partial charge in [-0.3, -0.25) is 5.01 Å². The number of hydrogen-bond donors (Lipinski definition) is 0. The maximum absolute atomic E-state index is 5.19. The van der Waals surface area contributed by atoms with Crippen molar-refractivity contribution in [3.05, 3.63) is 144 Å². The van der Waals surface area contributed by atoms with Crippen LogP contribution in [0.5, 0.6) is 0 Å². The fourth-order valence-electron chi connectivity index (χ4n) is 3.90. The van der Waals surface area contributed by atoms with E-state index < -0.39 is 0 Å². The van der Waals surface area contributed by atoms with Crippen LogP contribution in [0.3, 0.4) is 0 Å². The Bertz CT molecular complexity index is 1000. The molecule has 0 amide bonds. The highest BCUT2D eigenvalue weighted by atomic mass is 15.6. The van der Waals surface area contributed by atoms with Gasteiger partial charge >= 0.3 is 0 Å². The van der Waals surface area contributed by atoms with E-state index in [1.807, 2.05) is 12.1 Å². The van der Waals surface area contributed by atoms with Crippen molar-refractivity contribution < 1.29 is 0 Å². The van der Waals surface area contributed by atoms with Gasteiger partial charge in [0, 0.05) is 11.1 Å². The fraction of sp³-hybridized carbons (Fsp3) is 0.0741. The van der Waals surface area contributed by atoms with Gasteiger partial charge in [-0.25, -0.2) is 0 Å². The molecule has 1 aliphatic heterocycles. The Balaban J connectivity index is 1.60. The molecule has 29 heavy (non-hydrogen) atoms. The lowest BCUT2D eigenvalue weighted by atomic mass is 10.0. The molecule has 1 heterocycles. The topological polar surface area (TPSA) is 15.4 Å². The molecule has 0 N–H and O–H groups in total. The second-order valence-corrected chi connectivity index (χ2v) is 7.27. The van der Waals surface area contributed by atoms with Gasteiger partial charge in [0.25, 0.3) is 0 Å². The third kappa shape index (κ3) is 3.57. The highest BCUT2D eigenvalue weighted by Gasteiger charge is 2.49. The molecule has 140 valence electrons. The smallest absolute Gasteiger partial charge is 0.0990 e. The lowest BCUT2D eigenvalue weighted by Gasteiger charge is -2.09. The van der Waals surface area contributed by atoms with Crippen molar-refractivity contribution in [2.45, 2.75) is 12.1 Å². The molecule has 0 radical (unpaired) electrons. The molecule has 0 aliphatic carbocycles. The third-order valence-corrected chi connectivity index (χ3v) is 5.37. The van der Waals surface area contributed by atoms with Crippen LogP contribution in [0.2, 0.25) is 0 Å². The van der Waals surface area contributed by atoms with E-state index in [2.05, 4.69) is 114 Å². The summed E-state index contributed by atoms with van der Waals surface area (Å²) in [5.41, 5.74) is 5.86. The Hall–Kier alpha value is -3.65. The van der Waals surface area contributed by atoms with Crippen molar-refractivity contribution in [3.8, 4) is 0 Å². The first-order valence-electron chi connectivity index (χ1n) is 9.99. The van der Waals surface area contributed by atoms with E-state index in [1.54, 1.807) is 0 Å². The second-order valence-electron chi connectivity index (χ2n) is 7.27. The van der Waals surface area contributed by atoms with Crippen LogP contribution < -0.4 is 0 Å². The van der Waals surface area contributed by atoms with Crippen LogP contribution in [0.15, 0.2) is 126 Å². The minimum absolute atomic E-state index is 0.251. The van der Waals surface area contributed by atoms with Crippen molar-refractivity contribution in [2.75, 3.05) is 0 Å². The lowest BCUT2D eigenvalue weighted by Crippen LogP contribution is -2.06. The monoisotopic (exact) mass is 374 g/mol. The average Bonchev–Trinajstić information content (AvgIpc) is 3.54. The molecule has 4 aromatic carbocycles. The van der Waals surface area contributed by atoms with Gasteiger partial charge in [-0.1, -0.05) is 121 Å². The highest BCUT2D eigenvalue weighted by molar-refractivity contribution is 6.12. The van der Waals surface area contributed by atoms with E-state index in [0.29, 0.717) is 0 Å². The first-order chi connectivity index (χ1) is 14.4. The third-order valence-electron chi connectivity index (χ3n) is 5.37. The second kappa shape index (κ2) is 7.76. The summed E-state index contributed by atoms with van der Waals surface area (Å²) in [6, 6.07) is 42.7. The van der Waals surface area contributed by atoms with Gasteiger partial charge in [0.15, 0.2) is 0 Å². The molecule has 1 aliphatic rings. The Morgan fingerprint density at radius 2 is 0.828 bits per heavy atom. The number of hydrogen-bond acceptors (Lipinski definition) is 2. The highest BCUT2D eigenvalue weighted by Crippen LogP contribution is 2.55. The van der Waals surface area contributed by atoms with Crippen LogP contribution in [0.1, 0.15) is 34.3 Å². The van der Waals surface area contributed by atoms with Crippen molar-refractivity contribution in [3.63, 3.8) is 0 Å². The van der Waals surface area contributed by atoms with Crippen LogP contribution >= 0.6 is 0 Å². The lowest BCUT2D eigenvalue weighted by molar-refractivity contribution is 0.522. The van der Waals surface area contributed by atoms with Gasteiger partial charge in [0.2, 0.25) is 0 Å². The van der Waals surface area contributed by atoms with E-state index in [0.717, 1.165) is 16.8 Å². The summed E-state index contributed by atoms with van der Waals surface area (Å²) in [4.78, 5) is 0. The molecule has 1 saturated heterocycles. The summed E-state index contributed by atoms with van der Waals surface area (Å²) in [6.07, 6.45) is 0. The van der Waals surface area contributed by atoms with Crippen molar-refractivity contribution in [1.29, 1.82) is 0 Å². The van der Waals surface area contributed by atoms with Crippen LogP contribution in [-0.4, -0.2) is 10.7 Å². The maximum atomic E-state index is 5.19. The molecule has 2 atom stereocenters. The summed E-state index contributed by atoms with van der Waals surface area (Å²) in [6.45, 7) is 0. The van der Waals surface area contributed by atoms with E-state index in [9.17, 15) is 0 Å². The van der Waals surface area contributed by atoms with Crippen molar-refractivity contribution >= 4 is 5.71 Å². The van der Waals surface area contributed by atoms with E-state index in [4.69, 9.17) is 5.10 Å². The van der Waals surface area contributed by atoms with Gasteiger partial charge < -0.3 is 0 Å². The molecule has 0 unspecified atom stereocenters. The fourth-order valence-corrected chi connectivity index (χ4v) is 3.90. The van der Waals surface area contributed by atoms with Crippen LogP contribution in [-0.2, 0) is 0 Å². The summed E-state index contributed by atoms with van der Waals surface area (Å²) < 4.78 is 0. The molecule has 2 nitrogen and oxygen atoms in total. The Morgan fingerprint density at radius 3 is 1.21 bits per heavy atom. The molecule has 0 spiro atoms. The minimum atomic E-state index is 0.251. The average molecular weight is 374 g/mol. The zero-order valence-electron chi connectivity index (χ0n) is 16.1. The number of benzene rings is 4. The van der Waals surface area contributed by atoms with Gasteiger partial charge in [0.1, 0.15) is 0 Å². The van der Waals surface area contributed by atoms with Crippen LogP contribution in [0.25, 0.3) is 0 Å². The van der Waals surface area contributed by atoms with Crippen molar-refractivity contribution in [2.24, 2.45) is 5.10 Å². The predicted molar refractivity (Wildman–Crippen MR) is 119 cm³/mol. The van der Waals surface area contributed by atoms with Crippen LogP contribution in [0.4, 0.5) is 0 Å². The molecule has 0 bridgehead atoms. The van der Waals surface area contributed by atoms with Gasteiger partial charge in [0.05, 0.1) is 17.8 Å². The van der Waals surface area contributed by atoms with Crippen molar-refractivity contribution in [1.82, 2.24) is 5.01 Å². The van der Waals surface area contributed by atoms with E-state index >= 15 is 0 Å². The summed E-state index contributed by atoms with van der Waals surface area (Å²) in [5, 5.41) is 7.43. The number of rotatable bonds is 5. The summed E-state index contributed by atoms with van der Waals surface area (Å²) in [5.74, 6) is 0. The first-order valence-corrected chi connectivity index (χ1v) is 9.99. The molecule has 2 heteroatoms. The van der Waals surface area contributed by atoms with E-state index in [-0.39, 0.29) is 12.1 Å². The zero-order valence-corrected chi connectivity index (χ0v) is 16.1. The largest absolute Gasteiger partial charge is 0.276 e. The maximum Gasteiger partial charge on any atom is 0.0990 e. The number of nitrogens with zero attached hydrogens (tertiary/aromatic N) is 2.